The second kappa shape index (κ2) is 3.25. The van der Waals surface area contributed by atoms with E-state index in [0.29, 0.717) is 5.41 Å². The molecule has 0 N–H and O–H groups in total. The van der Waals surface area contributed by atoms with E-state index < -0.39 is 0 Å². The number of hydrogen-bond acceptors (Lipinski definition) is 2. The van der Waals surface area contributed by atoms with Crippen LogP contribution in [0, 0.1) is 11.3 Å². The van der Waals surface area contributed by atoms with Crippen molar-refractivity contribution in [1.82, 2.24) is 4.90 Å². The van der Waals surface area contributed by atoms with Gasteiger partial charge >= 0.3 is 0 Å². The molecule has 1 unspecified atom stereocenters. The first-order valence-corrected chi connectivity index (χ1v) is 5.43. The van der Waals surface area contributed by atoms with E-state index >= 15 is 0 Å². The van der Waals surface area contributed by atoms with Gasteiger partial charge in [-0.2, -0.15) is 0 Å². The molecule has 1 atom stereocenters. The highest BCUT2D eigenvalue weighted by Crippen LogP contribution is 2.38. The van der Waals surface area contributed by atoms with E-state index in [9.17, 15) is 0 Å². The summed E-state index contributed by atoms with van der Waals surface area (Å²) in [6.07, 6.45) is 1.36. The Morgan fingerprint density at radius 2 is 2.08 bits per heavy atom. The van der Waals surface area contributed by atoms with Gasteiger partial charge in [0, 0.05) is 6.54 Å². The number of ether oxygens (including phenoxy) is 1. The first-order chi connectivity index (χ1) is 6.12. The molecule has 0 radical (unpaired) electrons. The van der Waals surface area contributed by atoms with Gasteiger partial charge in [0.05, 0.1) is 19.3 Å². The fraction of sp³-hybridized carbons (Fsp3) is 1.00. The molecule has 0 saturated carbocycles. The Labute approximate surface area is 81.3 Å². The summed E-state index contributed by atoms with van der Waals surface area (Å²) in [6, 6.07) is 0.737. The lowest BCUT2D eigenvalue weighted by Crippen LogP contribution is -2.48. The first kappa shape index (κ1) is 9.47. The maximum Gasteiger partial charge on any atom is 0.0645 e. The van der Waals surface area contributed by atoms with Crippen LogP contribution >= 0.6 is 0 Å². The van der Waals surface area contributed by atoms with Crippen LogP contribution in [0.3, 0.4) is 0 Å². The third-order valence-corrected chi connectivity index (χ3v) is 4.07. The van der Waals surface area contributed by atoms with Crippen LogP contribution in [0.5, 0.6) is 0 Å². The largest absolute Gasteiger partial charge is 0.378 e. The van der Waals surface area contributed by atoms with Gasteiger partial charge in [-0.1, -0.05) is 20.8 Å². The molecule has 2 nitrogen and oxygen atoms in total. The number of nitrogens with zero attached hydrogens (tertiary/aromatic N) is 1. The topological polar surface area (TPSA) is 12.5 Å². The lowest BCUT2D eigenvalue weighted by atomic mass is 9.78. The maximum absolute atomic E-state index is 5.23. The summed E-state index contributed by atoms with van der Waals surface area (Å²) in [6.45, 7) is 11.6. The van der Waals surface area contributed by atoms with Gasteiger partial charge in [0.1, 0.15) is 0 Å². The van der Waals surface area contributed by atoms with Crippen LogP contribution in [0.4, 0.5) is 0 Å². The van der Waals surface area contributed by atoms with E-state index in [-0.39, 0.29) is 0 Å². The Morgan fingerprint density at radius 3 is 2.46 bits per heavy atom. The van der Waals surface area contributed by atoms with Gasteiger partial charge in [-0.3, -0.25) is 4.90 Å². The van der Waals surface area contributed by atoms with E-state index in [1.165, 1.54) is 19.5 Å². The molecule has 0 aromatic rings. The summed E-state index contributed by atoms with van der Waals surface area (Å²) in [4.78, 5) is 2.61. The Hall–Kier alpha value is -0.0800. The summed E-state index contributed by atoms with van der Waals surface area (Å²) in [5.74, 6) is 0.804. The van der Waals surface area contributed by atoms with Crippen LogP contribution in [0.2, 0.25) is 0 Å². The smallest absolute Gasteiger partial charge is 0.0645 e. The van der Waals surface area contributed by atoms with Crippen LogP contribution in [0.15, 0.2) is 0 Å². The molecule has 0 aliphatic carbocycles. The third kappa shape index (κ3) is 1.62. The molecule has 2 heteroatoms. The molecule has 2 heterocycles. The molecule has 2 aliphatic rings. The van der Waals surface area contributed by atoms with Crippen LogP contribution in [0.25, 0.3) is 0 Å². The summed E-state index contributed by atoms with van der Waals surface area (Å²) in [7, 11) is 0. The van der Waals surface area contributed by atoms with Crippen molar-refractivity contribution in [3.63, 3.8) is 0 Å². The molecule has 2 fully saturated rings. The normalized spacial score (nSPS) is 36.9. The summed E-state index contributed by atoms with van der Waals surface area (Å²) in [5, 5.41) is 0. The van der Waals surface area contributed by atoms with Gasteiger partial charge in [0.25, 0.3) is 0 Å². The molecule has 0 aromatic heterocycles. The van der Waals surface area contributed by atoms with Crippen molar-refractivity contribution in [1.29, 1.82) is 0 Å². The minimum atomic E-state index is 0.551. The van der Waals surface area contributed by atoms with Gasteiger partial charge < -0.3 is 4.74 Å². The van der Waals surface area contributed by atoms with Gasteiger partial charge in [0.2, 0.25) is 0 Å². The lowest BCUT2D eigenvalue weighted by molar-refractivity contribution is -0.0609. The van der Waals surface area contributed by atoms with Crippen LogP contribution < -0.4 is 0 Å². The molecule has 0 aromatic carbocycles. The van der Waals surface area contributed by atoms with Crippen molar-refractivity contribution in [2.45, 2.75) is 33.2 Å². The fourth-order valence-electron chi connectivity index (χ4n) is 2.24. The second-order valence-electron chi connectivity index (χ2n) is 5.22. The number of rotatable bonds is 2. The van der Waals surface area contributed by atoms with E-state index in [4.69, 9.17) is 4.74 Å². The van der Waals surface area contributed by atoms with Gasteiger partial charge in [-0.05, 0) is 24.3 Å². The van der Waals surface area contributed by atoms with Crippen molar-refractivity contribution in [2.75, 3.05) is 26.3 Å². The monoisotopic (exact) mass is 183 g/mol. The SMILES string of the molecule is CC(C)C1(C)CCN(C2COC2)C1. The fourth-order valence-corrected chi connectivity index (χ4v) is 2.24. The molecule has 2 rings (SSSR count). The highest BCUT2D eigenvalue weighted by atomic mass is 16.5. The zero-order valence-corrected chi connectivity index (χ0v) is 9.05. The second-order valence-corrected chi connectivity index (χ2v) is 5.22. The van der Waals surface area contributed by atoms with Crippen molar-refractivity contribution in [3.8, 4) is 0 Å². The average Bonchev–Trinajstić information content (AvgIpc) is 2.30. The zero-order valence-electron chi connectivity index (χ0n) is 9.05. The van der Waals surface area contributed by atoms with Crippen LogP contribution in [-0.4, -0.2) is 37.2 Å². The van der Waals surface area contributed by atoms with Crippen molar-refractivity contribution >= 4 is 0 Å². The molecule has 0 bridgehead atoms. The molecule has 0 amide bonds. The van der Waals surface area contributed by atoms with E-state index in [2.05, 4.69) is 25.7 Å². The molecular formula is C11H21NO. The Bertz CT molecular complexity index is 189. The minimum Gasteiger partial charge on any atom is -0.378 e. The number of hydrogen-bond donors (Lipinski definition) is 0. The Kier molecular flexibility index (Phi) is 2.37. The van der Waals surface area contributed by atoms with Gasteiger partial charge in [0.15, 0.2) is 0 Å². The quantitative estimate of drug-likeness (QED) is 0.646. The zero-order chi connectivity index (χ0) is 9.47. The van der Waals surface area contributed by atoms with Gasteiger partial charge in [-0.15, -0.1) is 0 Å². The third-order valence-electron chi connectivity index (χ3n) is 4.07. The predicted octanol–water partition coefficient (Wildman–Crippen LogP) is 1.75. The number of likely N-dealkylation sites (tertiary alicyclic amines) is 1. The summed E-state index contributed by atoms with van der Waals surface area (Å²) < 4.78 is 5.23. The standard InChI is InChI=1S/C11H21NO/c1-9(2)11(3)4-5-12(8-11)10-6-13-7-10/h9-10H,4-8H2,1-3H3. The molecule has 13 heavy (non-hydrogen) atoms. The minimum absolute atomic E-state index is 0.551. The van der Waals surface area contributed by atoms with Crippen LogP contribution in [-0.2, 0) is 4.74 Å². The Balaban J connectivity index is 1.92. The van der Waals surface area contributed by atoms with Gasteiger partial charge in [-0.25, -0.2) is 0 Å². The Morgan fingerprint density at radius 1 is 1.38 bits per heavy atom. The average molecular weight is 183 g/mol. The molecule has 0 spiro atoms. The highest BCUT2D eigenvalue weighted by Gasteiger charge is 2.40. The van der Waals surface area contributed by atoms with E-state index in [1.807, 2.05) is 0 Å². The van der Waals surface area contributed by atoms with Crippen molar-refractivity contribution in [3.05, 3.63) is 0 Å². The van der Waals surface area contributed by atoms with Crippen molar-refractivity contribution < 1.29 is 4.74 Å². The summed E-state index contributed by atoms with van der Waals surface area (Å²) >= 11 is 0. The molecule has 76 valence electrons. The van der Waals surface area contributed by atoms with Crippen molar-refractivity contribution in [2.24, 2.45) is 11.3 Å². The first-order valence-electron chi connectivity index (χ1n) is 5.43. The lowest BCUT2D eigenvalue weighted by Gasteiger charge is -2.36. The molecule has 2 saturated heterocycles. The maximum atomic E-state index is 5.23. The van der Waals surface area contributed by atoms with E-state index in [0.717, 1.165) is 25.2 Å². The van der Waals surface area contributed by atoms with E-state index in [1.54, 1.807) is 0 Å². The predicted molar refractivity (Wildman–Crippen MR) is 53.7 cm³/mol. The molecular weight excluding hydrogens is 162 g/mol. The summed E-state index contributed by atoms with van der Waals surface area (Å²) in [5.41, 5.74) is 0.551. The molecule has 2 aliphatic heterocycles. The highest BCUT2D eigenvalue weighted by molar-refractivity contribution is 4.92. The van der Waals surface area contributed by atoms with Crippen LogP contribution in [0.1, 0.15) is 27.2 Å².